The minimum Gasteiger partial charge on any atom is -0.324 e. The van der Waals surface area contributed by atoms with Crippen molar-refractivity contribution in [1.29, 1.82) is 0 Å². The molecule has 1 heterocycles. The second-order valence-electron chi connectivity index (χ2n) is 5.43. The average molecular weight is 308 g/mol. The van der Waals surface area contributed by atoms with Crippen LogP contribution in [0, 0.1) is 5.92 Å². The van der Waals surface area contributed by atoms with Gasteiger partial charge in [-0.3, -0.25) is 0 Å². The fourth-order valence-electron chi connectivity index (χ4n) is 2.53. The third-order valence-corrected chi connectivity index (χ3v) is 4.12. The van der Waals surface area contributed by atoms with Crippen LogP contribution in [-0.4, -0.2) is 9.55 Å². The summed E-state index contributed by atoms with van der Waals surface area (Å²) in [6.45, 7) is 4.37. The highest BCUT2D eigenvalue weighted by atomic mass is 79.9. The molecule has 1 aromatic heterocycles. The van der Waals surface area contributed by atoms with Crippen LogP contribution in [-0.2, 0) is 0 Å². The van der Waals surface area contributed by atoms with Crippen LogP contribution in [0.5, 0.6) is 0 Å². The first-order chi connectivity index (χ1) is 8.58. The Hall–Kier alpha value is -0.870. The number of halogens is 1. The lowest BCUT2D eigenvalue weighted by atomic mass is 10.2. The van der Waals surface area contributed by atoms with Crippen molar-refractivity contribution in [3.05, 3.63) is 28.5 Å². The molecule has 18 heavy (non-hydrogen) atoms. The molecule has 0 radical (unpaired) electrons. The van der Waals surface area contributed by atoms with Crippen molar-refractivity contribution in [2.24, 2.45) is 11.7 Å². The van der Waals surface area contributed by atoms with Crippen molar-refractivity contribution in [2.75, 3.05) is 0 Å². The van der Waals surface area contributed by atoms with Crippen molar-refractivity contribution in [3.63, 3.8) is 0 Å². The van der Waals surface area contributed by atoms with Crippen molar-refractivity contribution in [1.82, 2.24) is 9.55 Å². The van der Waals surface area contributed by atoms with Crippen LogP contribution >= 0.6 is 15.9 Å². The van der Waals surface area contributed by atoms with E-state index in [1.165, 1.54) is 18.4 Å². The van der Waals surface area contributed by atoms with Crippen LogP contribution in [0.15, 0.2) is 22.7 Å². The first-order valence-corrected chi connectivity index (χ1v) is 7.30. The highest BCUT2D eigenvalue weighted by molar-refractivity contribution is 9.10. The van der Waals surface area contributed by atoms with Gasteiger partial charge in [0.2, 0.25) is 0 Å². The van der Waals surface area contributed by atoms with Crippen LogP contribution < -0.4 is 5.73 Å². The van der Waals surface area contributed by atoms with Gasteiger partial charge in [-0.15, -0.1) is 0 Å². The van der Waals surface area contributed by atoms with E-state index in [1.807, 2.05) is 0 Å². The molecule has 1 aliphatic carbocycles. The number of rotatable bonds is 3. The number of fused-ring (bicyclic) bond motifs is 1. The minimum atomic E-state index is 0.0820. The minimum absolute atomic E-state index is 0.0820. The van der Waals surface area contributed by atoms with Gasteiger partial charge in [-0.2, -0.15) is 0 Å². The van der Waals surface area contributed by atoms with Gasteiger partial charge in [0, 0.05) is 10.5 Å². The third-order valence-electron chi connectivity index (χ3n) is 3.62. The van der Waals surface area contributed by atoms with Crippen LogP contribution in [0.4, 0.5) is 0 Å². The maximum Gasteiger partial charge on any atom is 0.127 e. The topological polar surface area (TPSA) is 43.8 Å². The van der Waals surface area contributed by atoms with Gasteiger partial charge in [-0.1, -0.05) is 15.9 Å². The zero-order chi connectivity index (χ0) is 12.9. The highest BCUT2D eigenvalue weighted by Crippen LogP contribution is 2.40. The van der Waals surface area contributed by atoms with Gasteiger partial charge in [-0.25, -0.2) is 4.98 Å². The molecule has 1 atom stereocenters. The molecule has 1 fully saturated rings. The van der Waals surface area contributed by atoms with Gasteiger partial charge in [0.25, 0.3) is 0 Å². The van der Waals surface area contributed by atoms with E-state index in [9.17, 15) is 0 Å². The van der Waals surface area contributed by atoms with Gasteiger partial charge in [0.1, 0.15) is 5.82 Å². The van der Waals surface area contributed by atoms with Crippen molar-refractivity contribution in [3.8, 4) is 0 Å². The Bertz CT molecular complexity index is 584. The molecule has 0 spiro atoms. The van der Waals surface area contributed by atoms with Crippen molar-refractivity contribution in [2.45, 2.75) is 38.8 Å². The van der Waals surface area contributed by atoms with E-state index >= 15 is 0 Å². The molecule has 0 aliphatic heterocycles. The monoisotopic (exact) mass is 307 g/mol. The van der Waals surface area contributed by atoms with E-state index in [4.69, 9.17) is 10.7 Å². The van der Waals surface area contributed by atoms with Gasteiger partial charge >= 0.3 is 0 Å². The molecule has 3 nitrogen and oxygen atoms in total. The molecule has 1 saturated carbocycles. The number of aromatic nitrogens is 2. The zero-order valence-corrected chi connectivity index (χ0v) is 12.3. The molecule has 0 amide bonds. The molecule has 3 rings (SSSR count). The summed E-state index contributed by atoms with van der Waals surface area (Å²) in [5, 5.41) is 0. The second-order valence-corrected chi connectivity index (χ2v) is 6.35. The number of hydrogen-bond donors (Lipinski definition) is 1. The Morgan fingerprint density at radius 3 is 2.72 bits per heavy atom. The van der Waals surface area contributed by atoms with E-state index in [0.29, 0.717) is 12.0 Å². The lowest BCUT2D eigenvalue weighted by Gasteiger charge is -2.17. The molecule has 4 heteroatoms. The molecular formula is C14H18BrN3. The SMILES string of the molecule is CC(C)n1c(C(N)C2CC2)nc2cc(Br)ccc21. The fraction of sp³-hybridized carbons (Fsp3) is 0.500. The van der Waals surface area contributed by atoms with E-state index in [0.717, 1.165) is 15.8 Å². The number of nitrogens with two attached hydrogens (primary N) is 1. The fourth-order valence-corrected chi connectivity index (χ4v) is 2.88. The Morgan fingerprint density at radius 2 is 2.11 bits per heavy atom. The molecule has 1 aromatic carbocycles. The molecule has 0 bridgehead atoms. The van der Waals surface area contributed by atoms with Gasteiger partial charge in [-0.05, 0) is 50.8 Å². The largest absolute Gasteiger partial charge is 0.324 e. The quantitative estimate of drug-likeness (QED) is 0.937. The van der Waals surface area contributed by atoms with Crippen LogP contribution in [0.3, 0.4) is 0 Å². The number of nitrogens with zero attached hydrogens (tertiary/aromatic N) is 2. The Morgan fingerprint density at radius 1 is 1.39 bits per heavy atom. The van der Waals surface area contributed by atoms with E-state index in [1.54, 1.807) is 0 Å². The normalized spacial score (nSPS) is 17.6. The van der Waals surface area contributed by atoms with E-state index in [2.05, 4.69) is 52.5 Å². The Balaban J connectivity index is 2.19. The summed E-state index contributed by atoms with van der Waals surface area (Å²) in [4.78, 5) is 4.76. The molecule has 2 aromatic rings. The standard InChI is InChI=1S/C14H18BrN3/c1-8(2)18-12-6-5-10(15)7-11(12)17-14(18)13(16)9-3-4-9/h5-9,13H,3-4,16H2,1-2H3. The molecule has 2 N–H and O–H groups in total. The van der Waals surface area contributed by atoms with Crippen LogP contribution in [0.25, 0.3) is 11.0 Å². The molecule has 1 aliphatic rings. The molecule has 0 saturated heterocycles. The van der Waals surface area contributed by atoms with E-state index in [-0.39, 0.29) is 6.04 Å². The lowest BCUT2D eigenvalue weighted by Crippen LogP contribution is -2.19. The average Bonchev–Trinajstić information content (AvgIpc) is 3.08. The summed E-state index contributed by atoms with van der Waals surface area (Å²) in [7, 11) is 0. The summed E-state index contributed by atoms with van der Waals surface area (Å²) >= 11 is 3.50. The summed E-state index contributed by atoms with van der Waals surface area (Å²) in [6.07, 6.45) is 2.48. The molecule has 1 unspecified atom stereocenters. The highest BCUT2D eigenvalue weighted by Gasteiger charge is 2.33. The van der Waals surface area contributed by atoms with Crippen LogP contribution in [0.2, 0.25) is 0 Å². The summed E-state index contributed by atoms with van der Waals surface area (Å²) in [5.74, 6) is 1.67. The summed E-state index contributed by atoms with van der Waals surface area (Å²) < 4.78 is 3.35. The zero-order valence-electron chi connectivity index (χ0n) is 10.7. The van der Waals surface area contributed by atoms with Crippen molar-refractivity contribution < 1.29 is 0 Å². The van der Waals surface area contributed by atoms with Crippen LogP contribution in [0.1, 0.15) is 44.6 Å². The molecule has 96 valence electrons. The summed E-state index contributed by atoms with van der Waals surface area (Å²) in [6, 6.07) is 6.72. The van der Waals surface area contributed by atoms with Gasteiger partial charge < -0.3 is 10.3 Å². The summed E-state index contributed by atoms with van der Waals surface area (Å²) in [5.41, 5.74) is 8.56. The predicted octanol–water partition coefficient (Wildman–Crippen LogP) is 3.79. The van der Waals surface area contributed by atoms with Gasteiger partial charge in [0.05, 0.1) is 17.1 Å². The van der Waals surface area contributed by atoms with Crippen molar-refractivity contribution >= 4 is 27.0 Å². The number of hydrogen-bond acceptors (Lipinski definition) is 2. The smallest absolute Gasteiger partial charge is 0.127 e. The molecular weight excluding hydrogens is 290 g/mol. The van der Waals surface area contributed by atoms with Gasteiger partial charge in [0.15, 0.2) is 0 Å². The number of benzene rings is 1. The second kappa shape index (κ2) is 4.35. The predicted molar refractivity (Wildman–Crippen MR) is 77.5 cm³/mol. The Labute approximate surface area is 116 Å². The third kappa shape index (κ3) is 1.97. The van der Waals surface area contributed by atoms with E-state index < -0.39 is 0 Å². The first kappa shape index (κ1) is 12.2. The first-order valence-electron chi connectivity index (χ1n) is 6.51. The number of imidazole rings is 1. The Kier molecular flexibility index (Phi) is 2.94. The maximum absolute atomic E-state index is 6.35. The maximum atomic E-state index is 6.35. The lowest BCUT2D eigenvalue weighted by molar-refractivity contribution is 0.512.